The molecule has 2 nitrogen and oxygen atoms in total. The molecule has 0 saturated carbocycles. The predicted octanol–water partition coefficient (Wildman–Crippen LogP) is 3.60. The highest BCUT2D eigenvalue weighted by Crippen LogP contribution is 2.20. The normalized spacial score (nSPS) is 14.9. The van der Waals surface area contributed by atoms with Crippen LogP contribution in [0.1, 0.15) is 6.42 Å². The summed E-state index contributed by atoms with van der Waals surface area (Å²) in [6.45, 7) is 0. The van der Waals surface area contributed by atoms with Crippen LogP contribution < -0.4 is 0 Å². The van der Waals surface area contributed by atoms with Crippen molar-refractivity contribution in [2.75, 3.05) is 7.11 Å². The molecule has 0 atom stereocenters. The van der Waals surface area contributed by atoms with Crippen LogP contribution in [-0.4, -0.2) is 13.1 Å². The summed E-state index contributed by atoms with van der Waals surface area (Å²) in [6.07, 6.45) is 10.1. The molecule has 4 heteroatoms. The number of esters is 1. The molecule has 1 aliphatic carbocycles. The summed E-state index contributed by atoms with van der Waals surface area (Å²) in [5, 5.41) is 0. The first kappa shape index (κ1) is 12.5. The lowest BCUT2D eigenvalue weighted by molar-refractivity contribution is -0.135. The van der Waals surface area contributed by atoms with Crippen molar-refractivity contribution >= 4 is 37.8 Å². The Morgan fingerprint density at radius 2 is 2.20 bits per heavy atom. The van der Waals surface area contributed by atoms with E-state index in [1.54, 1.807) is 12.2 Å². The first-order valence-electron chi connectivity index (χ1n) is 4.32. The summed E-state index contributed by atoms with van der Waals surface area (Å²) in [5.41, 5.74) is 1.67. The molecule has 0 radical (unpaired) electrons. The van der Waals surface area contributed by atoms with Crippen molar-refractivity contribution in [1.29, 1.82) is 0 Å². The Hall–Kier alpha value is -0.610. The number of methoxy groups -OCH3 is 1. The predicted molar refractivity (Wildman–Crippen MR) is 67.9 cm³/mol. The SMILES string of the molecule is COC(=O)C1=CC=C(C=C(Br)Br)CC=C1. The summed E-state index contributed by atoms with van der Waals surface area (Å²) in [6, 6.07) is 0. The van der Waals surface area contributed by atoms with Gasteiger partial charge in [0.2, 0.25) is 0 Å². The fourth-order valence-corrected chi connectivity index (χ4v) is 1.73. The van der Waals surface area contributed by atoms with Crippen molar-refractivity contribution in [3.05, 3.63) is 44.9 Å². The lowest BCUT2D eigenvalue weighted by atomic mass is 10.2. The van der Waals surface area contributed by atoms with E-state index in [0.717, 1.165) is 15.4 Å². The second-order valence-corrected chi connectivity index (χ2v) is 5.67. The molecule has 0 saturated heterocycles. The molecule has 0 spiro atoms. The number of carbonyl (C=O) groups is 1. The second kappa shape index (κ2) is 6.08. The third kappa shape index (κ3) is 4.18. The Morgan fingerprint density at radius 1 is 1.47 bits per heavy atom. The van der Waals surface area contributed by atoms with E-state index in [9.17, 15) is 4.79 Å². The highest BCUT2D eigenvalue weighted by Gasteiger charge is 2.06. The van der Waals surface area contributed by atoms with Gasteiger partial charge in [-0.25, -0.2) is 4.79 Å². The van der Waals surface area contributed by atoms with Gasteiger partial charge in [-0.3, -0.25) is 0 Å². The minimum atomic E-state index is -0.314. The highest BCUT2D eigenvalue weighted by atomic mass is 79.9. The minimum Gasteiger partial charge on any atom is -0.465 e. The lowest BCUT2D eigenvalue weighted by Gasteiger charge is -1.95. The van der Waals surface area contributed by atoms with Gasteiger partial charge in [0, 0.05) is 0 Å². The van der Waals surface area contributed by atoms with Gasteiger partial charge in [-0.15, -0.1) is 0 Å². The molecule has 0 bridgehead atoms. The summed E-state index contributed by atoms with van der Waals surface area (Å²) in [4.78, 5) is 11.2. The molecule has 0 heterocycles. The summed E-state index contributed by atoms with van der Waals surface area (Å²) < 4.78 is 5.52. The van der Waals surface area contributed by atoms with Gasteiger partial charge >= 0.3 is 5.97 Å². The van der Waals surface area contributed by atoms with Crippen LogP contribution in [0.4, 0.5) is 0 Å². The fourth-order valence-electron chi connectivity index (χ4n) is 1.14. The molecule has 0 aromatic carbocycles. The second-order valence-electron chi connectivity index (χ2n) is 2.90. The van der Waals surface area contributed by atoms with E-state index in [1.165, 1.54) is 7.11 Å². The topological polar surface area (TPSA) is 26.3 Å². The molecule has 0 aromatic rings. The maximum Gasteiger partial charge on any atom is 0.337 e. The number of hydrogen-bond acceptors (Lipinski definition) is 2. The average molecular weight is 334 g/mol. The van der Waals surface area contributed by atoms with Crippen LogP contribution in [0.15, 0.2) is 44.9 Å². The molecule has 15 heavy (non-hydrogen) atoms. The van der Waals surface area contributed by atoms with Crippen LogP contribution >= 0.6 is 31.9 Å². The minimum absolute atomic E-state index is 0.314. The number of hydrogen-bond donors (Lipinski definition) is 0. The molecule has 1 aliphatic rings. The molecule has 0 unspecified atom stereocenters. The van der Waals surface area contributed by atoms with Gasteiger partial charge in [0.25, 0.3) is 0 Å². The van der Waals surface area contributed by atoms with E-state index in [4.69, 9.17) is 0 Å². The molecular weight excluding hydrogens is 324 g/mol. The molecule has 0 aliphatic heterocycles. The number of ether oxygens (including phenoxy) is 1. The Morgan fingerprint density at radius 3 is 2.80 bits per heavy atom. The molecular formula is C11H10Br2O2. The van der Waals surface area contributed by atoms with E-state index < -0.39 is 0 Å². The maximum atomic E-state index is 11.2. The molecule has 0 aromatic heterocycles. The van der Waals surface area contributed by atoms with E-state index in [-0.39, 0.29) is 5.97 Å². The maximum absolute atomic E-state index is 11.2. The number of halogens is 2. The summed E-state index contributed by atoms with van der Waals surface area (Å²) in [7, 11) is 1.38. The Kier molecular flexibility index (Phi) is 5.05. The quantitative estimate of drug-likeness (QED) is 0.722. The molecule has 80 valence electrons. The van der Waals surface area contributed by atoms with Gasteiger partial charge in [-0.05, 0) is 56.0 Å². The smallest absolute Gasteiger partial charge is 0.337 e. The van der Waals surface area contributed by atoms with E-state index >= 15 is 0 Å². The van der Waals surface area contributed by atoms with Crippen LogP contribution in [0.3, 0.4) is 0 Å². The van der Waals surface area contributed by atoms with Crippen molar-refractivity contribution < 1.29 is 9.53 Å². The van der Waals surface area contributed by atoms with E-state index in [0.29, 0.717) is 5.57 Å². The Bertz CT molecular complexity index is 372. The number of rotatable bonds is 2. The van der Waals surface area contributed by atoms with Gasteiger partial charge < -0.3 is 4.74 Å². The van der Waals surface area contributed by atoms with Crippen molar-refractivity contribution in [2.24, 2.45) is 0 Å². The van der Waals surface area contributed by atoms with Crippen LogP contribution in [0.5, 0.6) is 0 Å². The van der Waals surface area contributed by atoms with Crippen molar-refractivity contribution in [3.63, 3.8) is 0 Å². The van der Waals surface area contributed by atoms with Gasteiger partial charge in [-0.1, -0.05) is 18.2 Å². The van der Waals surface area contributed by atoms with Gasteiger partial charge in [0.1, 0.15) is 0 Å². The fraction of sp³-hybridized carbons (Fsp3) is 0.182. The third-order valence-electron chi connectivity index (χ3n) is 1.84. The monoisotopic (exact) mass is 332 g/mol. The average Bonchev–Trinajstić information content (AvgIpc) is 2.41. The molecule has 0 fully saturated rings. The van der Waals surface area contributed by atoms with Crippen LogP contribution in [0.2, 0.25) is 0 Å². The van der Waals surface area contributed by atoms with Crippen molar-refractivity contribution in [2.45, 2.75) is 6.42 Å². The van der Waals surface area contributed by atoms with Gasteiger partial charge in [0.05, 0.1) is 16.1 Å². The third-order valence-corrected chi connectivity index (χ3v) is 2.30. The molecule has 0 amide bonds. The lowest BCUT2D eigenvalue weighted by Crippen LogP contribution is -2.01. The zero-order chi connectivity index (χ0) is 11.3. The molecule has 1 rings (SSSR count). The first-order valence-corrected chi connectivity index (χ1v) is 5.90. The van der Waals surface area contributed by atoms with Gasteiger partial charge in [-0.2, -0.15) is 0 Å². The number of carbonyl (C=O) groups excluding carboxylic acids is 1. The summed E-state index contributed by atoms with van der Waals surface area (Å²) in [5.74, 6) is -0.314. The Labute approximate surface area is 106 Å². The highest BCUT2D eigenvalue weighted by molar-refractivity contribution is 9.28. The van der Waals surface area contributed by atoms with Crippen LogP contribution in [-0.2, 0) is 9.53 Å². The number of allylic oxidation sites excluding steroid dienone is 5. The molecule has 0 N–H and O–H groups in total. The van der Waals surface area contributed by atoms with Crippen molar-refractivity contribution in [3.8, 4) is 0 Å². The Balaban J connectivity index is 2.89. The largest absolute Gasteiger partial charge is 0.465 e. The summed E-state index contributed by atoms with van der Waals surface area (Å²) >= 11 is 6.59. The van der Waals surface area contributed by atoms with Crippen LogP contribution in [0, 0.1) is 0 Å². The van der Waals surface area contributed by atoms with Crippen LogP contribution in [0.25, 0.3) is 0 Å². The zero-order valence-corrected chi connectivity index (χ0v) is 11.3. The standard InChI is InChI=1S/C11H10Br2O2/c1-15-11(14)9-4-2-3-8(5-6-9)7-10(12)13/h2,4-7H,3H2,1H3. The van der Waals surface area contributed by atoms with E-state index in [2.05, 4.69) is 36.6 Å². The van der Waals surface area contributed by atoms with Gasteiger partial charge in [0.15, 0.2) is 0 Å². The zero-order valence-electron chi connectivity index (χ0n) is 8.17. The van der Waals surface area contributed by atoms with Crippen molar-refractivity contribution in [1.82, 2.24) is 0 Å². The first-order chi connectivity index (χ1) is 7.13. The van der Waals surface area contributed by atoms with E-state index in [1.807, 2.05) is 18.2 Å².